The van der Waals surface area contributed by atoms with Crippen LogP contribution in [-0.2, 0) is 9.84 Å². The van der Waals surface area contributed by atoms with Crippen LogP contribution in [-0.4, -0.2) is 25.0 Å². The van der Waals surface area contributed by atoms with Crippen molar-refractivity contribution in [3.05, 3.63) is 32.5 Å². The molecule has 0 amide bonds. The van der Waals surface area contributed by atoms with Crippen LogP contribution in [0.1, 0.15) is 0 Å². The average Bonchev–Trinajstić information content (AvgIpc) is 2.20. The Morgan fingerprint density at radius 2 is 2.06 bits per heavy atom. The van der Waals surface area contributed by atoms with Crippen LogP contribution < -0.4 is 0 Å². The van der Waals surface area contributed by atoms with Gasteiger partial charge in [-0.25, -0.2) is 12.8 Å². The van der Waals surface area contributed by atoms with Crippen molar-refractivity contribution in [1.82, 2.24) is 0 Å². The largest absolute Gasteiger partial charge is 0.290 e. The van der Waals surface area contributed by atoms with Crippen molar-refractivity contribution in [1.29, 1.82) is 0 Å². The van der Waals surface area contributed by atoms with Gasteiger partial charge in [0.1, 0.15) is 10.7 Å². The normalized spacial score (nSPS) is 11.5. The van der Waals surface area contributed by atoms with Gasteiger partial charge in [0, 0.05) is 5.88 Å². The maximum absolute atomic E-state index is 13.1. The van der Waals surface area contributed by atoms with Gasteiger partial charge in [0.15, 0.2) is 9.84 Å². The van der Waals surface area contributed by atoms with Crippen LogP contribution in [0.4, 0.5) is 10.1 Å². The molecule has 1 aromatic rings. The number of sulfone groups is 1. The molecule has 0 aromatic heterocycles. The number of rotatable bonds is 4. The van der Waals surface area contributed by atoms with E-state index in [1.807, 2.05) is 0 Å². The van der Waals surface area contributed by atoms with E-state index in [1.165, 1.54) is 0 Å². The third-order valence-corrected chi connectivity index (χ3v) is 4.64. The molecule has 0 unspecified atom stereocenters. The van der Waals surface area contributed by atoms with Gasteiger partial charge in [-0.3, -0.25) is 10.1 Å². The first-order valence-corrected chi connectivity index (χ1v) is 7.19. The molecular formula is C8H6BrClFNO4S. The second kappa shape index (κ2) is 5.28. The molecule has 0 atom stereocenters. The standard InChI is InChI=1S/C8H6BrClFNO4S/c9-5-3-8(17(15,16)2-1-10)7(12(13)14)4-6(5)11/h3-4H,1-2H2. The van der Waals surface area contributed by atoms with E-state index < -0.39 is 36.9 Å². The fourth-order valence-electron chi connectivity index (χ4n) is 1.12. The maximum atomic E-state index is 13.1. The van der Waals surface area contributed by atoms with E-state index in [0.29, 0.717) is 6.07 Å². The van der Waals surface area contributed by atoms with Crippen LogP contribution in [0.15, 0.2) is 21.5 Å². The van der Waals surface area contributed by atoms with E-state index in [4.69, 9.17) is 11.6 Å². The van der Waals surface area contributed by atoms with Crippen LogP contribution in [0.5, 0.6) is 0 Å². The Hall–Kier alpha value is -0.730. The summed E-state index contributed by atoms with van der Waals surface area (Å²) >= 11 is 8.08. The van der Waals surface area contributed by atoms with Gasteiger partial charge in [0.25, 0.3) is 5.69 Å². The summed E-state index contributed by atoms with van der Waals surface area (Å²) in [6.45, 7) is 0. The minimum atomic E-state index is -3.90. The summed E-state index contributed by atoms with van der Waals surface area (Å²) in [4.78, 5) is 9.17. The van der Waals surface area contributed by atoms with Gasteiger partial charge in [0.2, 0.25) is 0 Å². The minimum Gasteiger partial charge on any atom is -0.258 e. The topological polar surface area (TPSA) is 77.3 Å². The highest BCUT2D eigenvalue weighted by atomic mass is 79.9. The Balaban J connectivity index is 3.52. The molecule has 17 heavy (non-hydrogen) atoms. The zero-order valence-electron chi connectivity index (χ0n) is 8.19. The zero-order valence-corrected chi connectivity index (χ0v) is 11.3. The van der Waals surface area contributed by atoms with E-state index in [1.54, 1.807) is 0 Å². The van der Waals surface area contributed by atoms with Gasteiger partial charge in [0.05, 0.1) is 21.2 Å². The summed E-state index contributed by atoms with van der Waals surface area (Å²) in [6, 6.07) is 1.43. The average molecular weight is 347 g/mol. The van der Waals surface area contributed by atoms with E-state index >= 15 is 0 Å². The minimum absolute atomic E-state index is 0.156. The first-order valence-electron chi connectivity index (χ1n) is 4.21. The van der Waals surface area contributed by atoms with Crippen LogP contribution in [0, 0.1) is 15.9 Å². The molecule has 0 radical (unpaired) electrons. The molecular weight excluding hydrogens is 341 g/mol. The van der Waals surface area contributed by atoms with Gasteiger partial charge in [-0.2, -0.15) is 0 Å². The first kappa shape index (κ1) is 14.3. The lowest BCUT2D eigenvalue weighted by Gasteiger charge is -2.05. The van der Waals surface area contributed by atoms with Crippen LogP contribution >= 0.6 is 27.5 Å². The molecule has 0 aliphatic carbocycles. The Kier molecular flexibility index (Phi) is 4.45. The lowest BCUT2D eigenvalue weighted by atomic mass is 10.3. The SMILES string of the molecule is O=[N+]([O-])c1cc(F)c(Br)cc1S(=O)(=O)CCCl. The van der Waals surface area contributed by atoms with Gasteiger partial charge < -0.3 is 0 Å². The van der Waals surface area contributed by atoms with Crippen LogP contribution in [0.3, 0.4) is 0 Å². The van der Waals surface area contributed by atoms with Crippen LogP contribution in [0.2, 0.25) is 0 Å². The van der Waals surface area contributed by atoms with E-state index in [9.17, 15) is 22.9 Å². The predicted molar refractivity (Wildman–Crippen MR) is 63.5 cm³/mol. The number of nitro benzene ring substituents is 1. The number of hydrogen-bond acceptors (Lipinski definition) is 4. The fourth-order valence-corrected chi connectivity index (χ4v) is 3.40. The molecule has 1 rings (SSSR count). The van der Waals surface area contributed by atoms with Crippen molar-refractivity contribution < 1.29 is 17.7 Å². The fraction of sp³-hybridized carbons (Fsp3) is 0.250. The highest BCUT2D eigenvalue weighted by Gasteiger charge is 2.27. The molecule has 5 nitrogen and oxygen atoms in total. The molecule has 0 fully saturated rings. The monoisotopic (exact) mass is 345 g/mol. The number of alkyl halides is 1. The molecule has 0 spiro atoms. The third-order valence-electron chi connectivity index (χ3n) is 1.88. The number of benzene rings is 1. The molecule has 0 heterocycles. The molecule has 9 heteroatoms. The smallest absolute Gasteiger partial charge is 0.258 e. The summed E-state index contributed by atoms with van der Waals surface area (Å²) in [5, 5.41) is 10.7. The molecule has 0 aliphatic heterocycles. The van der Waals surface area contributed by atoms with Crippen molar-refractivity contribution in [2.75, 3.05) is 11.6 Å². The number of hydrogen-bond donors (Lipinski definition) is 0. The summed E-state index contributed by atoms with van der Waals surface area (Å²) < 4.78 is 36.3. The third kappa shape index (κ3) is 3.14. The molecule has 1 aromatic carbocycles. The van der Waals surface area contributed by atoms with Crippen LogP contribution in [0.25, 0.3) is 0 Å². The highest BCUT2D eigenvalue weighted by molar-refractivity contribution is 9.10. The molecule has 94 valence electrons. The highest BCUT2D eigenvalue weighted by Crippen LogP contribution is 2.30. The quantitative estimate of drug-likeness (QED) is 0.363. The Labute approximate surface area is 110 Å². The van der Waals surface area contributed by atoms with E-state index in [2.05, 4.69) is 15.9 Å². The summed E-state index contributed by atoms with van der Waals surface area (Å²) in [7, 11) is -3.90. The zero-order chi connectivity index (χ0) is 13.2. The Bertz CT molecular complexity index is 563. The molecule has 0 bridgehead atoms. The van der Waals surface area contributed by atoms with E-state index in [0.717, 1.165) is 6.07 Å². The molecule has 0 N–H and O–H groups in total. The van der Waals surface area contributed by atoms with Gasteiger partial charge >= 0.3 is 0 Å². The maximum Gasteiger partial charge on any atom is 0.290 e. The molecule has 0 saturated heterocycles. The molecule has 0 aliphatic rings. The van der Waals surface area contributed by atoms with Gasteiger partial charge in [-0.1, -0.05) is 0 Å². The van der Waals surface area contributed by atoms with E-state index in [-0.39, 0.29) is 10.4 Å². The van der Waals surface area contributed by atoms with Crippen molar-refractivity contribution in [3.63, 3.8) is 0 Å². The van der Waals surface area contributed by atoms with Crippen molar-refractivity contribution in [2.45, 2.75) is 4.90 Å². The summed E-state index contributed by atoms with van der Waals surface area (Å²) in [5.74, 6) is -1.55. The summed E-state index contributed by atoms with van der Waals surface area (Å²) in [5.41, 5.74) is -0.796. The van der Waals surface area contributed by atoms with Crippen molar-refractivity contribution >= 4 is 43.1 Å². The molecule has 0 saturated carbocycles. The Morgan fingerprint density at radius 1 is 1.47 bits per heavy atom. The van der Waals surface area contributed by atoms with Crippen molar-refractivity contribution in [3.8, 4) is 0 Å². The number of halogens is 3. The van der Waals surface area contributed by atoms with Crippen molar-refractivity contribution in [2.24, 2.45) is 0 Å². The van der Waals surface area contributed by atoms with Gasteiger partial charge in [-0.05, 0) is 22.0 Å². The lowest BCUT2D eigenvalue weighted by Crippen LogP contribution is -2.11. The van der Waals surface area contributed by atoms with Gasteiger partial charge in [-0.15, -0.1) is 11.6 Å². The number of nitrogens with zero attached hydrogens (tertiary/aromatic N) is 1. The first-order chi connectivity index (χ1) is 7.79. The predicted octanol–water partition coefficient (Wildman–Crippen LogP) is 2.51. The summed E-state index contributed by atoms with van der Waals surface area (Å²) in [6.07, 6.45) is 0. The Morgan fingerprint density at radius 3 is 2.53 bits per heavy atom. The number of nitro groups is 1. The lowest BCUT2D eigenvalue weighted by molar-refractivity contribution is -0.388. The second-order valence-corrected chi connectivity index (χ2v) is 6.31. The second-order valence-electron chi connectivity index (χ2n) is 3.00.